The molecule has 0 bridgehead atoms. The van der Waals surface area contributed by atoms with Crippen LogP contribution in [0.1, 0.15) is 56.6 Å². The number of nitrogens with zero attached hydrogens (tertiary/aromatic N) is 1. The maximum absolute atomic E-state index is 14.5. The van der Waals surface area contributed by atoms with Crippen molar-refractivity contribution >= 4 is 35.2 Å². The Kier molecular flexibility index (Phi) is 5.65. The van der Waals surface area contributed by atoms with E-state index >= 15 is 0 Å². The number of halogens is 4. The van der Waals surface area contributed by atoms with Gasteiger partial charge in [-0.25, -0.2) is 0 Å². The average Bonchev–Trinajstić information content (AvgIpc) is 3.00. The minimum Gasteiger partial charge on any atom is -0.366 e. The normalized spacial score (nSPS) is 21.6. The molecule has 4 rings (SSSR count). The highest BCUT2D eigenvalue weighted by Gasteiger charge is 2.55. The Labute approximate surface area is 190 Å². The number of alkyl halides is 3. The number of hydrogen-bond donors (Lipinski definition) is 2. The largest absolute Gasteiger partial charge is 0.398 e. The second kappa shape index (κ2) is 8.18. The molecule has 0 aromatic heterocycles. The van der Waals surface area contributed by atoms with Gasteiger partial charge in [0.25, 0.3) is 5.91 Å². The summed E-state index contributed by atoms with van der Waals surface area (Å²) in [4.78, 5) is 50.0. The fourth-order valence-electron chi connectivity index (χ4n) is 4.41. The zero-order valence-corrected chi connectivity index (χ0v) is 17.6. The van der Waals surface area contributed by atoms with Crippen molar-refractivity contribution < 1.29 is 32.3 Å². The number of nitrogens with one attached hydrogen (secondary N) is 1. The summed E-state index contributed by atoms with van der Waals surface area (Å²) in [6, 6.07) is 5.64. The van der Waals surface area contributed by atoms with E-state index in [0.717, 1.165) is 11.0 Å². The first-order chi connectivity index (χ1) is 15.5. The first-order valence-electron chi connectivity index (χ1n) is 9.91. The highest BCUT2D eigenvalue weighted by atomic mass is 35.5. The lowest BCUT2D eigenvalue weighted by Gasteiger charge is -2.39. The van der Waals surface area contributed by atoms with Gasteiger partial charge in [0.2, 0.25) is 17.7 Å². The Hall–Kier alpha value is -3.40. The molecule has 1 saturated heterocycles. The maximum Gasteiger partial charge on any atom is 0.398 e. The smallest absolute Gasteiger partial charge is 0.366 e. The monoisotopic (exact) mass is 479 g/mol. The lowest BCUT2D eigenvalue weighted by molar-refractivity contribution is -0.167. The summed E-state index contributed by atoms with van der Waals surface area (Å²) in [7, 11) is 0. The van der Waals surface area contributed by atoms with Crippen molar-refractivity contribution in [3.05, 3.63) is 69.7 Å². The van der Waals surface area contributed by atoms with Crippen LogP contribution in [0.5, 0.6) is 0 Å². The molecule has 1 fully saturated rings. The maximum atomic E-state index is 14.5. The molecular weight excluding hydrogens is 463 g/mol. The van der Waals surface area contributed by atoms with Gasteiger partial charge < -0.3 is 10.6 Å². The third-order valence-corrected chi connectivity index (χ3v) is 6.11. The van der Waals surface area contributed by atoms with E-state index in [1.807, 2.05) is 0 Å². The first kappa shape index (κ1) is 22.8. The predicted octanol–water partition coefficient (Wildman–Crippen LogP) is 3.09. The van der Waals surface area contributed by atoms with Crippen molar-refractivity contribution in [2.75, 3.05) is 0 Å². The van der Waals surface area contributed by atoms with Crippen LogP contribution >= 0.6 is 11.6 Å². The molecule has 0 saturated carbocycles. The second-order valence-corrected chi connectivity index (χ2v) is 8.30. The number of nitrogens with two attached hydrogens (primary N) is 1. The van der Waals surface area contributed by atoms with Gasteiger partial charge in [0.1, 0.15) is 12.0 Å². The molecule has 2 aromatic rings. The zero-order chi connectivity index (χ0) is 24.1. The third kappa shape index (κ3) is 4.06. The quantitative estimate of drug-likeness (QED) is 0.657. The number of benzene rings is 2. The lowest BCUT2D eigenvalue weighted by atomic mass is 9.84. The van der Waals surface area contributed by atoms with E-state index in [-0.39, 0.29) is 40.1 Å². The molecule has 0 aliphatic carbocycles. The molecule has 2 unspecified atom stereocenters. The van der Waals surface area contributed by atoms with Crippen molar-refractivity contribution in [2.45, 2.75) is 37.0 Å². The SMILES string of the molecule is NC(=O)c1ccc2c(c1)C([C@@H](c1ccc(Cl)cc1)C(F)(F)F)N(C1CCC(=O)NC1=O)C2=O. The van der Waals surface area contributed by atoms with Crippen LogP contribution in [0.15, 0.2) is 42.5 Å². The van der Waals surface area contributed by atoms with Gasteiger partial charge in [-0.15, -0.1) is 0 Å². The Balaban J connectivity index is 1.93. The summed E-state index contributed by atoms with van der Waals surface area (Å²) in [5.74, 6) is -5.35. The molecule has 2 heterocycles. The van der Waals surface area contributed by atoms with Crippen molar-refractivity contribution in [1.29, 1.82) is 0 Å². The number of rotatable bonds is 4. The highest BCUT2D eigenvalue weighted by Crippen LogP contribution is 2.52. The van der Waals surface area contributed by atoms with E-state index in [2.05, 4.69) is 5.32 Å². The van der Waals surface area contributed by atoms with Gasteiger partial charge in [-0.2, -0.15) is 13.2 Å². The molecule has 2 aliphatic heterocycles. The van der Waals surface area contributed by atoms with Crippen molar-refractivity contribution in [1.82, 2.24) is 10.2 Å². The number of primary amides is 1. The van der Waals surface area contributed by atoms with Crippen LogP contribution in [-0.4, -0.2) is 40.7 Å². The van der Waals surface area contributed by atoms with Gasteiger partial charge in [-0.1, -0.05) is 23.7 Å². The van der Waals surface area contributed by atoms with Gasteiger partial charge in [-0.3, -0.25) is 24.5 Å². The number of fused-ring (bicyclic) bond motifs is 1. The van der Waals surface area contributed by atoms with Gasteiger partial charge in [-0.05, 0) is 47.9 Å². The number of piperidine rings is 1. The van der Waals surface area contributed by atoms with E-state index in [4.69, 9.17) is 17.3 Å². The summed E-state index contributed by atoms with van der Waals surface area (Å²) < 4.78 is 43.6. The Morgan fingerprint density at radius 2 is 1.79 bits per heavy atom. The molecule has 0 radical (unpaired) electrons. The van der Waals surface area contributed by atoms with E-state index in [0.29, 0.717) is 0 Å². The Bertz CT molecular complexity index is 1170. The van der Waals surface area contributed by atoms with Crippen LogP contribution < -0.4 is 11.1 Å². The minimum atomic E-state index is -4.84. The fourth-order valence-corrected chi connectivity index (χ4v) is 4.54. The molecular formula is C22H17ClF3N3O4. The fraction of sp³-hybridized carbons (Fsp3) is 0.273. The average molecular weight is 480 g/mol. The van der Waals surface area contributed by atoms with Crippen molar-refractivity contribution in [3.63, 3.8) is 0 Å². The highest BCUT2D eigenvalue weighted by molar-refractivity contribution is 6.30. The summed E-state index contributed by atoms with van der Waals surface area (Å²) in [6.07, 6.45) is -5.11. The van der Waals surface area contributed by atoms with Crippen LogP contribution in [0.4, 0.5) is 13.2 Å². The first-order valence-corrected chi connectivity index (χ1v) is 10.3. The molecule has 3 atom stereocenters. The predicted molar refractivity (Wildman–Crippen MR) is 110 cm³/mol. The molecule has 3 N–H and O–H groups in total. The Morgan fingerprint density at radius 1 is 1.12 bits per heavy atom. The van der Waals surface area contributed by atoms with Crippen LogP contribution in [0, 0.1) is 0 Å². The zero-order valence-electron chi connectivity index (χ0n) is 16.9. The van der Waals surface area contributed by atoms with E-state index in [9.17, 15) is 32.3 Å². The molecule has 2 aromatic carbocycles. The molecule has 11 heteroatoms. The van der Waals surface area contributed by atoms with E-state index < -0.39 is 47.8 Å². The van der Waals surface area contributed by atoms with Crippen molar-refractivity contribution in [3.8, 4) is 0 Å². The van der Waals surface area contributed by atoms with Gasteiger partial charge in [0.05, 0.1) is 6.04 Å². The topological polar surface area (TPSA) is 110 Å². The van der Waals surface area contributed by atoms with Crippen molar-refractivity contribution in [2.24, 2.45) is 5.73 Å². The number of carbonyl (C=O) groups is 4. The molecule has 2 aliphatic rings. The Morgan fingerprint density at radius 3 is 2.36 bits per heavy atom. The molecule has 33 heavy (non-hydrogen) atoms. The summed E-state index contributed by atoms with van der Waals surface area (Å²) in [6.45, 7) is 0. The summed E-state index contributed by atoms with van der Waals surface area (Å²) in [5, 5.41) is 2.31. The van der Waals surface area contributed by atoms with Crippen LogP contribution in [-0.2, 0) is 9.59 Å². The van der Waals surface area contributed by atoms with Gasteiger partial charge in [0, 0.05) is 22.6 Å². The number of carbonyl (C=O) groups excluding carboxylic acids is 4. The van der Waals surface area contributed by atoms with Crippen LogP contribution in [0.3, 0.4) is 0 Å². The van der Waals surface area contributed by atoms with E-state index in [1.54, 1.807) is 0 Å². The van der Waals surface area contributed by atoms with Gasteiger partial charge >= 0.3 is 6.18 Å². The third-order valence-electron chi connectivity index (χ3n) is 5.86. The molecule has 0 spiro atoms. The number of imide groups is 1. The molecule has 4 amide bonds. The summed E-state index contributed by atoms with van der Waals surface area (Å²) in [5.41, 5.74) is 4.92. The summed E-state index contributed by atoms with van der Waals surface area (Å²) >= 11 is 5.85. The second-order valence-electron chi connectivity index (χ2n) is 7.86. The number of hydrogen-bond acceptors (Lipinski definition) is 4. The standard InChI is InChI=1S/C22H17ClF3N3O4/c23-12-4-1-10(2-5-12)17(22(24,25)26)18-14-9-11(19(27)31)3-6-13(14)21(33)29(18)15-7-8-16(30)28-20(15)32/h1-6,9,15,17-18H,7-8H2,(H2,27,31)(H,28,30,32)/t15?,17-,18?/m1/s1. The minimum absolute atomic E-state index is 0.0710. The van der Waals surface area contributed by atoms with Gasteiger partial charge in [0.15, 0.2) is 0 Å². The molecule has 7 nitrogen and oxygen atoms in total. The molecule has 172 valence electrons. The number of amides is 4. The van der Waals surface area contributed by atoms with Crippen LogP contribution in [0.2, 0.25) is 5.02 Å². The lowest BCUT2D eigenvalue weighted by Crippen LogP contribution is -2.54. The van der Waals surface area contributed by atoms with E-state index in [1.165, 1.54) is 36.4 Å². The van der Waals surface area contributed by atoms with Crippen LogP contribution in [0.25, 0.3) is 0 Å².